The fourth-order valence-corrected chi connectivity index (χ4v) is 3.55. The molecule has 4 heteroatoms. The lowest BCUT2D eigenvalue weighted by atomic mass is 9.76. The second-order valence-electron chi connectivity index (χ2n) is 6.91. The van der Waals surface area contributed by atoms with Crippen LogP contribution in [0.2, 0.25) is 0 Å². The minimum Gasteiger partial charge on any atom is -0.356 e. The smallest absolute Gasteiger partial charge is 0.227 e. The van der Waals surface area contributed by atoms with Gasteiger partial charge in [0.15, 0.2) is 0 Å². The Morgan fingerprint density at radius 1 is 1.04 bits per heavy atom. The summed E-state index contributed by atoms with van der Waals surface area (Å²) in [6.45, 7) is 4.79. The van der Waals surface area contributed by atoms with Crippen LogP contribution < -0.4 is 10.6 Å². The summed E-state index contributed by atoms with van der Waals surface area (Å²) in [5, 5.41) is 5.84. The zero-order chi connectivity index (χ0) is 17.4. The van der Waals surface area contributed by atoms with E-state index in [1.807, 2.05) is 0 Å². The zero-order valence-electron chi connectivity index (χ0n) is 14.9. The predicted molar refractivity (Wildman–Crippen MR) is 96.8 cm³/mol. The van der Waals surface area contributed by atoms with Crippen LogP contribution in [-0.2, 0) is 9.59 Å². The molecule has 24 heavy (non-hydrogen) atoms. The van der Waals surface area contributed by atoms with Crippen molar-refractivity contribution < 1.29 is 9.59 Å². The van der Waals surface area contributed by atoms with E-state index < -0.39 is 0 Å². The number of hydrogen-bond acceptors (Lipinski definition) is 2. The highest BCUT2D eigenvalue weighted by atomic mass is 16.2. The SMILES string of the molecule is CC(=O)NCCCNC(=O)C(c1ccc(C)cc1)C1CCCCC1. The lowest BCUT2D eigenvalue weighted by Crippen LogP contribution is -2.36. The van der Waals surface area contributed by atoms with Gasteiger partial charge in [-0.15, -0.1) is 0 Å². The van der Waals surface area contributed by atoms with Crippen molar-refractivity contribution in [3.05, 3.63) is 35.4 Å². The molecule has 1 aromatic carbocycles. The molecule has 0 radical (unpaired) electrons. The molecule has 0 aromatic heterocycles. The highest BCUT2D eigenvalue weighted by Gasteiger charge is 2.30. The monoisotopic (exact) mass is 330 g/mol. The predicted octanol–water partition coefficient (Wildman–Crippen LogP) is 3.30. The molecule has 1 fully saturated rings. The van der Waals surface area contributed by atoms with Crippen LogP contribution in [0.15, 0.2) is 24.3 Å². The van der Waals surface area contributed by atoms with E-state index in [0.717, 1.165) is 24.8 Å². The normalized spacial score (nSPS) is 16.4. The molecule has 2 rings (SSSR count). The molecule has 0 bridgehead atoms. The molecule has 1 saturated carbocycles. The summed E-state index contributed by atoms with van der Waals surface area (Å²) in [6.07, 6.45) is 6.77. The summed E-state index contributed by atoms with van der Waals surface area (Å²) in [6, 6.07) is 8.39. The van der Waals surface area contributed by atoms with Crippen LogP contribution in [0.5, 0.6) is 0 Å². The fourth-order valence-electron chi connectivity index (χ4n) is 3.55. The standard InChI is InChI=1S/C20H30N2O2/c1-15-9-11-18(12-10-15)19(17-7-4-3-5-8-17)20(24)22-14-6-13-21-16(2)23/h9-12,17,19H,3-8,13-14H2,1-2H3,(H,21,23)(H,22,24). The second-order valence-corrected chi connectivity index (χ2v) is 6.91. The number of amides is 2. The lowest BCUT2D eigenvalue weighted by Gasteiger charge is -2.30. The van der Waals surface area contributed by atoms with Gasteiger partial charge in [-0.25, -0.2) is 0 Å². The molecule has 2 N–H and O–H groups in total. The van der Waals surface area contributed by atoms with Gasteiger partial charge in [0.1, 0.15) is 0 Å². The van der Waals surface area contributed by atoms with Crippen molar-refractivity contribution in [2.24, 2.45) is 5.92 Å². The van der Waals surface area contributed by atoms with Crippen LogP contribution in [0.3, 0.4) is 0 Å². The third-order valence-corrected chi connectivity index (χ3v) is 4.87. The molecular formula is C20H30N2O2. The molecule has 1 aliphatic rings. The summed E-state index contributed by atoms with van der Waals surface area (Å²) in [5.41, 5.74) is 2.35. The van der Waals surface area contributed by atoms with Crippen LogP contribution in [-0.4, -0.2) is 24.9 Å². The Morgan fingerprint density at radius 3 is 2.29 bits per heavy atom. The molecule has 132 valence electrons. The Morgan fingerprint density at radius 2 is 1.67 bits per heavy atom. The molecule has 1 unspecified atom stereocenters. The minimum absolute atomic E-state index is 0.0268. The van der Waals surface area contributed by atoms with Gasteiger partial charge in [-0.2, -0.15) is 0 Å². The van der Waals surface area contributed by atoms with E-state index in [1.165, 1.54) is 31.7 Å². The molecule has 0 saturated heterocycles. The Hall–Kier alpha value is -1.84. The van der Waals surface area contributed by atoms with Crippen LogP contribution in [0.25, 0.3) is 0 Å². The maximum absolute atomic E-state index is 12.8. The Kier molecular flexibility index (Phi) is 7.29. The lowest BCUT2D eigenvalue weighted by molar-refractivity contribution is -0.124. The second kappa shape index (κ2) is 9.45. The molecule has 0 spiro atoms. The molecule has 2 amide bonds. The third kappa shape index (κ3) is 5.66. The van der Waals surface area contributed by atoms with E-state index in [2.05, 4.69) is 41.8 Å². The summed E-state index contributed by atoms with van der Waals surface area (Å²) < 4.78 is 0. The molecule has 1 atom stereocenters. The maximum Gasteiger partial charge on any atom is 0.227 e. The zero-order valence-corrected chi connectivity index (χ0v) is 14.9. The van der Waals surface area contributed by atoms with Crippen molar-refractivity contribution in [1.29, 1.82) is 0 Å². The van der Waals surface area contributed by atoms with Gasteiger partial charge in [0, 0.05) is 20.0 Å². The molecule has 0 aliphatic heterocycles. The van der Waals surface area contributed by atoms with Gasteiger partial charge < -0.3 is 10.6 Å². The van der Waals surface area contributed by atoms with Gasteiger partial charge >= 0.3 is 0 Å². The number of aryl methyl sites for hydroxylation is 1. The average molecular weight is 330 g/mol. The molecule has 1 aliphatic carbocycles. The van der Waals surface area contributed by atoms with E-state index >= 15 is 0 Å². The number of carbonyl (C=O) groups excluding carboxylic acids is 2. The summed E-state index contributed by atoms with van der Waals surface area (Å²) >= 11 is 0. The van der Waals surface area contributed by atoms with E-state index in [0.29, 0.717) is 19.0 Å². The first-order valence-corrected chi connectivity index (χ1v) is 9.16. The molecular weight excluding hydrogens is 300 g/mol. The number of benzene rings is 1. The highest BCUT2D eigenvalue weighted by molar-refractivity contribution is 5.84. The topological polar surface area (TPSA) is 58.2 Å². The quantitative estimate of drug-likeness (QED) is 0.754. The van der Waals surface area contributed by atoms with Crippen molar-refractivity contribution in [3.63, 3.8) is 0 Å². The Labute approximate surface area is 145 Å². The van der Waals surface area contributed by atoms with E-state index in [-0.39, 0.29) is 17.7 Å². The van der Waals surface area contributed by atoms with E-state index in [4.69, 9.17) is 0 Å². The van der Waals surface area contributed by atoms with Crippen molar-refractivity contribution >= 4 is 11.8 Å². The number of hydrogen-bond donors (Lipinski definition) is 2. The van der Waals surface area contributed by atoms with Gasteiger partial charge in [0.25, 0.3) is 0 Å². The van der Waals surface area contributed by atoms with Crippen molar-refractivity contribution in [2.45, 2.75) is 58.3 Å². The van der Waals surface area contributed by atoms with Gasteiger partial charge in [-0.05, 0) is 37.7 Å². The van der Waals surface area contributed by atoms with Crippen LogP contribution in [0, 0.1) is 12.8 Å². The number of carbonyl (C=O) groups is 2. The molecule has 0 heterocycles. The number of rotatable bonds is 7. The first kappa shape index (κ1) is 18.5. The van der Waals surface area contributed by atoms with Gasteiger partial charge in [0.2, 0.25) is 11.8 Å². The van der Waals surface area contributed by atoms with Crippen LogP contribution in [0.1, 0.15) is 62.5 Å². The highest BCUT2D eigenvalue weighted by Crippen LogP contribution is 2.36. The molecule has 1 aromatic rings. The van der Waals surface area contributed by atoms with Crippen molar-refractivity contribution in [2.75, 3.05) is 13.1 Å². The van der Waals surface area contributed by atoms with Crippen molar-refractivity contribution in [3.8, 4) is 0 Å². The first-order valence-electron chi connectivity index (χ1n) is 9.16. The van der Waals surface area contributed by atoms with Gasteiger partial charge in [-0.1, -0.05) is 49.1 Å². The Bertz CT molecular complexity index is 533. The van der Waals surface area contributed by atoms with Crippen molar-refractivity contribution in [1.82, 2.24) is 10.6 Å². The van der Waals surface area contributed by atoms with Gasteiger partial charge in [-0.3, -0.25) is 9.59 Å². The summed E-state index contributed by atoms with van der Waals surface area (Å²) in [5.74, 6) is 0.498. The van der Waals surface area contributed by atoms with Gasteiger partial charge in [0.05, 0.1) is 5.92 Å². The third-order valence-electron chi connectivity index (χ3n) is 4.87. The maximum atomic E-state index is 12.8. The van der Waals surface area contributed by atoms with Crippen LogP contribution >= 0.6 is 0 Å². The largest absolute Gasteiger partial charge is 0.356 e. The molecule has 4 nitrogen and oxygen atoms in total. The Balaban J connectivity index is 1.97. The summed E-state index contributed by atoms with van der Waals surface area (Å²) in [7, 11) is 0. The fraction of sp³-hybridized carbons (Fsp3) is 0.600. The minimum atomic E-state index is -0.0494. The van der Waals surface area contributed by atoms with E-state index in [1.54, 1.807) is 0 Å². The number of nitrogens with one attached hydrogen (secondary N) is 2. The summed E-state index contributed by atoms with van der Waals surface area (Å²) in [4.78, 5) is 23.7. The van der Waals surface area contributed by atoms with E-state index in [9.17, 15) is 9.59 Å². The van der Waals surface area contributed by atoms with Crippen LogP contribution in [0.4, 0.5) is 0 Å². The average Bonchev–Trinajstić information content (AvgIpc) is 2.57. The first-order chi connectivity index (χ1) is 11.6.